The molecule has 0 unspecified atom stereocenters. The zero-order valence-corrected chi connectivity index (χ0v) is 8.60. The van der Waals surface area contributed by atoms with E-state index in [0.29, 0.717) is 0 Å². The molecule has 5 N–H and O–H groups in total. The zero-order valence-electron chi connectivity index (χ0n) is 7.70. The SMILES string of the molecule is O=NC(=O)[C@@H](O)[C@H](O)[C@H](O)COP(=O)(O)O. The van der Waals surface area contributed by atoms with Gasteiger partial charge in [-0.25, -0.2) is 4.57 Å². The summed E-state index contributed by atoms with van der Waals surface area (Å²) in [6.07, 6.45) is -6.39. The first-order chi connectivity index (χ1) is 7.19. The predicted octanol–water partition coefficient (Wildman–Crippen LogP) is -2.53. The average molecular weight is 259 g/mol. The Morgan fingerprint density at radius 1 is 1.31 bits per heavy atom. The second-order valence-corrected chi connectivity index (χ2v) is 3.96. The molecule has 10 nitrogen and oxygen atoms in total. The maximum absolute atomic E-state index is 10.5. The minimum atomic E-state index is -4.84. The molecule has 0 saturated carbocycles. The molecule has 0 bridgehead atoms. The minimum Gasteiger partial charge on any atom is -0.388 e. The van der Waals surface area contributed by atoms with E-state index in [1.165, 1.54) is 0 Å². The summed E-state index contributed by atoms with van der Waals surface area (Å²) in [7, 11) is -4.84. The van der Waals surface area contributed by atoms with E-state index < -0.39 is 38.6 Å². The summed E-state index contributed by atoms with van der Waals surface area (Å²) in [6.45, 7) is -1.03. The molecule has 1 amide bonds. The quantitative estimate of drug-likeness (QED) is 0.254. The van der Waals surface area contributed by atoms with Gasteiger partial charge in [0.15, 0.2) is 6.10 Å². The Labute approximate surface area is 88.7 Å². The lowest BCUT2D eigenvalue weighted by Crippen LogP contribution is -2.43. The highest BCUT2D eigenvalue weighted by atomic mass is 31.2. The van der Waals surface area contributed by atoms with Crippen LogP contribution in [0, 0.1) is 4.91 Å². The molecule has 11 heteroatoms. The average Bonchev–Trinajstić information content (AvgIpc) is 2.21. The van der Waals surface area contributed by atoms with E-state index in [-0.39, 0.29) is 0 Å². The largest absolute Gasteiger partial charge is 0.469 e. The van der Waals surface area contributed by atoms with Crippen LogP contribution in [0.1, 0.15) is 0 Å². The van der Waals surface area contributed by atoms with Crippen LogP contribution in [0.3, 0.4) is 0 Å². The Kier molecular flexibility index (Phi) is 5.83. The van der Waals surface area contributed by atoms with Gasteiger partial charge in [-0.05, 0) is 0 Å². The van der Waals surface area contributed by atoms with E-state index in [1.54, 1.807) is 5.18 Å². The number of nitroso groups, excluding NO2 is 1. The van der Waals surface area contributed by atoms with Gasteiger partial charge < -0.3 is 25.1 Å². The van der Waals surface area contributed by atoms with Crippen LogP contribution in [0.2, 0.25) is 0 Å². The van der Waals surface area contributed by atoms with Crippen molar-refractivity contribution < 1.29 is 39.0 Å². The van der Waals surface area contributed by atoms with E-state index in [2.05, 4.69) is 4.52 Å². The number of phosphoric ester groups is 1. The molecule has 0 radical (unpaired) electrons. The van der Waals surface area contributed by atoms with E-state index in [9.17, 15) is 14.3 Å². The van der Waals surface area contributed by atoms with Crippen molar-refractivity contribution in [2.24, 2.45) is 5.18 Å². The zero-order chi connectivity index (χ0) is 12.9. The van der Waals surface area contributed by atoms with Crippen LogP contribution in [0.5, 0.6) is 0 Å². The van der Waals surface area contributed by atoms with E-state index in [4.69, 9.17) is 25.1 Å². The molecule has 3 atom stereocenters. The van der Waals surface area contributed by atoms with Crippen molar-refractivity contribution in [1.29, 1.82) is 0 Å². The molecular weight excluding hydrogens is 249 g/mol. The van der Waals surface area contributed by atoms with Crippen LogP contribution in [-0.4, -0.2) is 55.9 Å². The Balaban J connectivity index is 4.28. The molecule has 0 aliphatic carbocycles. The van der Waals surface area contributed by atoms with Crippen LogP contribution in [-0.2, 0) is 13.9 Å². The van der Waals surface area contributed by atoms with Crippen molar-refractivity contribution in [3.63, 3.8) is 0 Å². The monoisotopic (exact) mass is 259 g/mol. The van der Waals surface area contributed by atoms with Gasteiger partial charge in [0.25, 0.3) is 0 Å². The number of amides is 1. The van der Waals surface area contributed by atoms with Crippen molar-refractivity contribution in [2.75, 3.05) is 6.61 Å². The van der Waals surface area contributed by atoms with Gasteiger partial charge in [-0.1, -0.05) is 0 Å². The van der Waals surface area contributed by atoms with Crippen molar-refractivity contribution in [1.82, 2.24) is 0 Å². The third kappa shape index (κ3) is 5.37. The van der Waals surface area contributed by atoms with Gasteiger partial charge in [-0.2, -0.15) is 0 Å². The standard InChI is InChI=1S/C5H10NO9P/c7-2(1-15-16(12,13)14)3(8)4(9)5(10)6-11/h2-4,7-9H,1H2,(H2,12,13,14)/t2-,3-,4+/m1/s1. The fraction of sp³-hybridized carbons (Fsp3) is 0.800. The highest BCUT2D eigenvalue weighted by molar-refractivity contribution is 7.46. The molecule has 0 aromatic heterocycles. The Morgan fingerprint density at radius 2 is 1.81 bits per heavy atom. The van der Waals surface area contributed by atoms with Gasteiger partial charge in [0, 0.05) is 5.18 Å². The molecule has 0 heterocycles. The van der Waals surface area contributed by atoms with Crippen LogP contribution in [0.15, 0.2) is 5.18 Å². The minimum absolute atomic E-state index is 1.03. The Morgan fingerprint density at radius 3 is 2.19 bits per heavy atom. The van der Waals surface area contributed by atoms with Crippen LogP contribution >= 0.6 is 7.82 Å². The Hall–Kier alpha value is -0.740. The topological polar surface area (TPSA) is 174 Å². The molecular formula is C5H10NO9P. The molecule has 16 heavy (non-hydrogen) atoms. The van der Waals surface area contributed by atoms with Gasteiger partial charge in [0.1, 0.15) is 12.2 Å². The highest BCUT2D eigenvalue weighted by Gasteiger charge is 2.32. The molecule has 0 fully saturated rings. The van der Waals surface area contributed by atoms with Crippen LogP contribution in [0.25, 0.3) is 0 Å². The number of phosphoric acid groups is 1. The summed E-state index contributed by atoms with van der Waals surface area (Å²) in [6, 6.07) is 0. The fourth-order valence-electron chi connectivity index (χ4n) is 0.683. The van der Waals surface area contributed by atoms with Gasteiger partial charge in [0.05, 0.1) is 6.61 Å². The van der Waals surface area contributed by atoms with Gasteiger partial charge in [-0.15, -0.1) is 4.91 Å². The second kappa shape index (κ2) is 6.11. The number of aliphatic hydroxyl groups excluding tert-OH is 3. The maximum atomic E-state index is 10.5. The lowest BCUT2D eigenvalue weighted by Gasteiger charge is -2.19. The summed E-state index contributed by atoms with van der Waals surface area (Å²) in [4.78, 5) is 36.6. The molecule has 0 rings (SSSR count). The van der Waals surface area contributed by atoms with E-state index in [1.807, 2.05) is 0 Å². The van der Waals surface area contributed by atoms with Crippen molar-refractivity contribution in [2.45, 2.75) is 18.3 Å². The number of hydrogen-bond donors (Lipinski definition) is 5. The smallest absolute Gasteiger partial charge is 0.388 e. The molecule has 0 saturated heterocycles. The van der Waals surface area contributed by atoms with Gasteiger partial charge in [0.2, 0.25) is 0 Å². The van der Waals surface area contributed by atoms with Crippen molar-refractivity contribution in [3.8, 4) is 0 Å². The summed E-state index contributed by atoms with van der Waals surface area (Å²) in [5.74, 6) is -1.62. The normalized spacial score (nSPS) is 17.6. The Bertz CT molecular complexity index is 300. The van der Waals surface area contributed by atoms with Crippen LogP contribution < -0.4 is 0 Å². The van der Waals surface area contributed by atoms with Gasteiger partial charge in [-0.3, -0.25) is 9.32 Å². The van der Waals surface area contributed by atoms with Gasteiger partial charge >= 0.3 is 13.7 Å². The van der Waals surface area contributed by atoms with Crippen molar-refractivity contribution >= 4 is 13.7 Å². The number of rotatable bonds is 6. The third-order valence-corrected chi connectivity index (χ3v) is 1.96. The second-order valence-electron chi connectivity index (χ2n) is 2.72. The first kappa shape index (κ1) is 15.3. The molecule has 0 aliphatic rings. The molecule has 0 aliphatic heterocycles. The summed E-state index contributed by atoms with van der Waals surface area (Å²) in [5.41, 5.74) is 0. The summed E-state index contributed by atoms with van der Waals surface area (Å²) < 4.78 is 14.0. The number of nitrogens with zero attached hydrogens (tertiary/aromatic N) is 1. The summed E-state index contributed by atoms with van der Waals surface area (Å²) >= 11 is 0. The molecule has 94 valence electrons. The lowest BCUT2D eigenvalue weighted by molar-refractivity contribution is -0.138. The van der Waals surface area contributed by atoms with Crippen molar-refractivity contribution in [3.05, 3.63) is 4.91 Å². The van der Waals surface area contributed by atoms with E-state index in [0.717, 1.165) is 0 Å². The van der Waals surface area contributed by atoms with Crippen LogP contribution in [0.4, 0.5) is 0 Å². The predicted molar refractivity (Wildman–Crippen MR) is 46.8 cm³/mol. The highest BCUT2D eigenvalue weighted by Crippen LogP contribution is 2.35. The number of carbonyl (C=O) groups is 1. The van der Waals surface area contributed by atoms with E-state index >= 15 is 0 Å². The first-order valence-corrected chi connectivity index (χ1v) is 5.33. The molecule has 0 spiro atoms. The molecule has 0 aromatic carbocycles. The maximum Gasteiger partial charge on any atom is 0.469 e. The lowest BCUT2D eigenvalue weighted by atomic mass is 10.1. The number of aliphatic hydroxyl groups is 3. The number of carbonyl (C=O) groups excluding carboxylic acids is 1. The first-order valence-electron chi connectivity index (χ1n) is 3.80. The molecule has 0 aromatic rings. The fourth-order valence-corrected chi connectivity index (χ4v) is 1.03. The number of hydrogen-bond acceptors (Lipinski definition) is 7. The summed E-state index contributed by atoms with van der Waals surface area (Å²) in [5, 5.41) is 28.7. The third-order valence-electron chi connectivity index (χ3n) is 1.47.